The van der Waals surface area contributed by atoms with Crippen molar-refractivity contribution in [3.8, 4) is 5.75 Å². The molecule has 3 N–H and O–H groups in total. The Hall–Kier alpha value is -0.685. The van der Waals surface area contributed by atoms with Crippen molar-refractivity contribution in [3.05, 3.63) is 17.5 Å². The van der Waals surface area contributed by atoms with Crippen LogP contribution in [-0.4, -0.2) is 22.3 Å². The second-order valence-corrected chi connectivity index (χ2v) is 4.29. The maximum atomic E-state index is 9.45. The number of hydrogen-bond donors (Lipinski definition) is 4. The van der Waals surface area contributed by atoms with Gasteiger partial charge in [-0.1, -0.05) is 0 Å². The van der Waals surface area contributed by atoms with Crippen LogP contribution < -0.4 is 5.46 Å². The lowest BCUT2D eigenvalue weighted by atomic mass is 9.79. The van der Waals surface area contributed by atoms with E-state index in [1.807, 2.05) is 5.38 Å². The molecule has 0 radical (unpaired) electrons. The van der Waals surface area contributed by atoms with Crippen LogP contribution in [0.25, 0.3) is 10.1 Å². The van der Waals surface area contributed by atoms with E-state index in [1.165, 1.54) is 23.5 Å². The highest BCUT2D eigenvalue weighted by Gasteiger charge is 2.17. The molecule has 0 saturated heterocycles. The molecule has 0 unspecified atom stereocenters. The Morgan fingerprint density at radius 1 is 1.29 bits per heavy atom. The summed E-state index contributed by atoms with van der Waals surface area (Å²) in [6.07, 6.45) is 0. The molecule has 1 aromatic heterocycles. The maximum absolute atomic E-state index is 9.45. The number of phenols is 1. The van der Waals surface area contributed by atoms with Gasteiger partial charge in [0.2, 0.25) is 0 Å². The molecule has 1 aromatic carbocycles. The molecule has 0 saturated carbocycles. The van der Waals surface area contributed by atoms with Gasteiger partial charge in [0.1, 0.15) is 5.75 Å². The summed E-state index contributed by atoms with van der Waals surface area (Å²) in [6.45, 7) is 0. The van der Waals surface area contributed by atoms with Crippen LogP contribution in [0, 0.1) is 0 Å². The van der Waals surface area contributed by atoms with E-state index in [9.17, 15) is 5.11 Å². The number of benzene rings is 1. The zero-order chi connectivity index (χ0) is 10.3. The fourth-order valence-electron chi connectivity index (χ4n) is 1.27. The zero-order valence-corrected chi connectivity index (χ0v) is 8.72. The standard InChI is InChI=1S/C8H7BO3S2/c10-6-2-8-4(7(13)3-14-8)1-5(6)9(11)12/h1-3,10-13H. The van der Waals surface area contributed by atoms with Gasteiger partial charge in [-0.15, -0.1) is 24.0 Å². The van der Waals surface area contributed by atoms with Crippen LogP contribution in [-0.2, 0) is 0 Å². The number of fused-ring (bicyclic) bond motifs is 1. The van der Waals surface area contributed by atoms with Crippen molar-refractivity contribution >= 4 is 46.6 Å². The van der Waals surface area contributed by atoms with Gasteiger partial charge in [0.25, 0.3) is 0 Å². The number of hydrogen-bond acceptors (Lipinski definition) is 5. The molecule has 72 valence electrons. The first-order valence-corrected chi connectivity index (χ1v) is 5.21. The largest absolute Gasteiger partial charge is 0.508 e. The minimum atomic E-state index is -1.66. The maximum Gasteiger partial charge on any atom is 0.492 e. The number of thiophene rings is 1. The molecule has 0 fully saturated rings. The molecule has 3 nitrogen and oxygen atoms in total. The van der Waals surface area contributed by atoms with Crippen LogP contribution in [0.1, 0.15) is 0 Å². The zero-order valence-electron chi connectivity index (χ0n) is 7.01. The fraction of sp³-hybridized carbons (Fsp3) is 0. The molecule has 0 aliphatic rings. The Bertz CT molecular complexity index is 481. The van der Waals surface area contributed by atoms with Crippen molar-refractivity contribution < 1.29 is 15.2 Å². The first kappa shape index (κ1) is 9.85. The molecule has 2 rings (SSSR count). The summed E-state index contributed by atoms with van der Waals surface area (Å²) in [5.41, 5.74) is 0.103. The highest BCUT2D eigenvalue weighted by Crippen LogP contribution is 2.30. The number of aromatic hydroxyl groups is 1. The summed E-state index contributed by atoms with van der Waals surface area (Å²) in [7, 11) is -1.66. The molecule has 0 aliphatic carbocycles. The van der Waals surface area contributed by atoms with E-state index in [0.717, 1.165) is 15.0 Å². The van der Waals surface area contributed by atoms with Gasteiger partial charge in [0.05, 0.1) is 0 Å². The molecule has 6 heteroatoms. The lowest BCUT2D eigenvalue weighted by Gasteiger charge is -2.03. The third-order valence-corrected chi connectivity index (χ3v) is 3.47. The van der Waals surface area contributed by atoms with E-state index in [2.05, 4.69) is 12.6 Å². The molecule has 1 heterocycles. The van der Waals surface area contributed by atoms with Crippen LogP contribution in [0.4, 0.5) is 0 Å². The smallest absolute Gasteiger partial charge is 0.492 e. The van der Waals surface area contributed by atoms with Crippen molar-refractivity contribution in [3.63, 3.8) is 0 Å². The third kappa shape index (κ3) is 1.50. The number of rotatable bonds is 1. The highest BCUT2D eigenvalue weighted by molar-refractivity contribution is 7.80. The quantitative estimate of drug-likeness (QED) is 0.425. The van der Waals surface area contributed by atoms with Gasteiger partial charge in [-0.3, -0.25) is 0 Å². The second kappa shape index (κ2) is 3.47. The molecular formula is C8H7BO3S2. The summed E-state index contributed by atoms with van der Waals surface area (Å²) >= 11 is 5.67. The lowest BCUT2D eigenvalue weighted by molar-refractivity contribution is 0.420. The van der Waals surface area contributed by atoms with Gasteiger partial charge >= 0.3 is 7.12 Å². The van der Waals surface area contributed by atoms with Gasteiger partial charge in [-0.05, 0) is 12.1 Å². The summed E-state index contributed by atoms with van der Waals surface area (Å²) < 4.78 is 0.872. The Morgan fingerprint density at radius 3 is 2.64 bits per heavy atom. The Kier molecular flexibility index (Phi) is 2.44. The van der Waals surface area contributed by atoms with E-state index in [0.29, 0.717) is 0 Å². The molecule has 0 aliphatic heterocycles. The monoisotopic (exact) mass is 226 g/mol. The second-order valence-electron chi connectivity index (χ2n) is 2.90. The van der Waals surface area contributed by atoms with Crippen molar-refractivity contribution in [2.45, 2.75) is 4.90 Å². The Labute approximate surface area is 90.2 Å². The molecule has 0 amide bonds. The fourth-order valence-corrected chi connectivity index (χ4v) is 2.53. The van der Waals surface area contributed by atoms with Crippen LogP contribution in [0.15, 0.2) is 22.4 Å². The minimum absolute atomic E-state index is 0.103. The number of phenolic OH excluding ortho intramolecular Hbond substituents is 1. The van der Waals surface area contributed by atoms with E-state index >= 15 is 0 Å². The Balaban J connectivity index is 2.74. The Morgan fingerprint density at radius 2 is 2.00 bits per heavy atom. The SMILES string of the molecule is OB(O)c1cc2c(S)csc2cc1O. The predicted molar refractivity (Wildman–Crippen MR) is 60.6 cm³/mol. The summed E-state index contributed by atoms with van der Waals surface area (Å²) in [5, 5.41) is 30.0. The van der Waals surface area contributed by atoms with E-state index in [4.69, 9.17) is 10.0 Å². The first-order chi connectivity index (χ1) is 6.59. The molecule has 2 aromatic rings. The van der Waals surface area contributed by atoms with Gasteiger partial charge in [-0.2, -0.15) is 0 Å². The average molecular weight is 226 g/mol. The highest BCUT2D eigenvalue weighted by atomic mass is 32.1. The van der Waals surface area contributed by atoms with Crippen LogP contribution in [0.3, 0.4) is 0 Å². The number of thiol groups is 1. The third-order valence-electron chi connectivity index (χ3n) is 1.98. The van der Waals surface area contributed by atoms with Gasteiger partial charge in [-0.25, -0.2) is 0 Å². The predicted octanol–water partition coefficient (Wildman–Crippen LogP) is 0.575. The summed E-state index contributed by atoms with van der Waals surface area (Å²) in [5.74, 6) is -0.109. The van der Waals surface area contributed by atoms with Crippen molar-refractivity contribution in [2.75, 3.05) is 0 Å². The molecule has 0 bridgehead atoms. The van der Waals surface area contributed by atoms with Gasteiger partial charge in [0, 0.05) is 25.8 Å². The molecule has 0 atom stereocenters. The molecule has 0 spiro atoms. The first-order valence-electron chi connectivity index (χ1n) is 3.89. The topological polar surface area (TPSA) is 60.7 Å². The lowest BCUT2D eigenvalue weighted by Crippen LogP contribution is -2.29. The average Bonchev–Trinajstić information content (AvgIpc) is 2.46. The van der Waals surface area contributed by atoms with Crippen LogP contribution in [0.5, 0.6) is 5.75 Å². The van der Waals surface area contributed by atoms with Crippen LogP contribution >= 0.6 is 24.0 Å². The normalized spacial score (nSPS) is 10.8. The van der Waals surface area contributed by atoms with Gasteiger partial charge < -0.3 is 15.2 Å². The molecule has 14 heavy (non-hydrogen) atoms. The van der Waals surface area contributed by atoms with Gasteiger partial charge in [0.15, 0.2) is 0 Å². The van der Waals surface area contributed by atoms with Crippen molar-refractivity contribution in [1.29, 1.82) is 0 Å². The van der Waals surface area contributed by atoms with E-state index in [-0.39, 0.29) is 11.2 Å². The molecular weight excluding hydrogens is 219 g/mol. The minimum Gasteiger partial charge on any atom is -0.508 e. The van der Waals surface area contributed by atoms with E-state index in [1.54, 1.807) is 0 Å². The summed E-state index contributed by atoms with van der Waals surface area (Å²) in [6, 6.07) is 3.04. The van der Waals surface area contributed by atoms with Crippen molar-refractivity contribution in [1.82, 2.24) is 0 Å². The van der Waals surface area contributed by atoms with E-state index < -0.39 is 7.12 Å². The summed E-state index contributed by atoms with van der Waals surface area (Å²) in [4.78, 5) is 0.770. The van der Waals surface area contributed by atoms with Crippen molar-refractivity contribution in [2.24, 2.45) is 0 Å². The van der Waals surface area contributed by atoms with Crippen LogP contribution in [0.2, 0.25) is 0 Å².